The summed E-state index contributed by atoms with van der Waals surface area (Å²) in [7, 11) is 0. The van der Waals surface area contributed by atoms with Gasteiger partial charge in [-0.3, -0.25) is 0 Å². The maximum absolute atomic E-state index is 11.9. The van der Waals surface area contributed by atoms with Crippen LogP contribution in [0.3, 0.4) is 0 Å². The van der Waals surface area contributed by atoms with Crippen molar-refractivity contribution >= 4 is 23.7 Å². The van der Waals surface area contributed by atoms with Crippen molar-refractivity contribution < 1.29 is 19.1 Å². The molecule has 2 aliphatic heterocycles. The molecule has 3 rings (SSSR count). The smallest absolute Gasteiger partial charge is 0.338 e. The largest absolute Gasteiger partial charge is 0.406 e. The van der Waals surface area contributed by atoms with Gasteiger partial charge in [0.1, 0.15) is 0 Å². The van der Waals surface area contributed by atoms with Gasteiger partial charge >= 0.3 is 11.9 Å². The zero-order chi connectivity index (χ0) is 17.4. The Morgan fingerprint density at radius 2 is 1.25 bits per heavy atom. The van der Waals surface area contributed by atoms with E-state index < -0.39 is 12.1 Å². The summed E-state index contributed by atoms with van der Waals surface area (Å²) in [6, 6.07) is 6.21. The Labute approximate surface area is 140 Å². The standard InChI is InChI=1S/C18H20N2O4/c1-9(2)13-17(21)23-15(19-13)11-6-5-7-12(8-11)16-20-14(10(3)4)18(22)24-16/h5-10,13-14H,1-4H3. The minimum absolute atomic E-state index is 0.0742. The molecule has 0 aromatic heterocycles. The van der Waals surface area contributed by atoms with Crippen LogP contribution in [0.15, 0.2) is 34.3 Å². The van der Waals surface area contributed by atoms with Crippen molar-refractivity contribution in [3.8, 4) is 0 Å². The molecule has 0 aliphatic carbocycles. The molecule has 1 aromatic rings. The highest BCUT2D eigenvalue weighted by atomic mass is 16.6. The number of hydrogen-bond donors (Lipinski definition) is 0. The summed E-state index contributed by atoms with van der Waals surface area (Å²) < 4.78 is 10.6. The van der Waals surface area contributed by atoms with Gasteiger partial charge in [0, 0.05) is 11.1 Å². The normalized spacial score (nSPS) is 23.4. The van der Waals surface area contributed by atoms with E-state index in [-0.39, 0.29) is 23.8 Å². The van der Waals surface area contributed by atoms with Crippen LogP contribution in [0.5, 0.6) is 0 Å². The Balaban J connectivity index is 1.89. The first-order valence-electron chi connectivity index (χ1n) is 8.06. The molecule has 1 aromatic carbocycles. The number of aliphatic imine (C=N–C) groups is 2. The van der Waals surface area contributed by atoms with Crippen molar-refractivity contribution in [2.75, 3.05) is 0 Å². The van der Waals surface area contributed by atoms with Gasteiger partial charge in [-0.2, -0.15) is 0 Å². The van der Waals surface area contributed by atoms with E-state index in [0.29, 0.717) is 22.9 Å². The lowest BCUT2D eigenvalue weighted by molar-refractivity contribution is -0.136. The van der Waals surface area contributed by atoms with Gasteiger partial charge in [-0.15, -0.1) is 0 Å². The van der Waals surface area contributed by atoms with E-state index >= 15 is 0 Å². The maximum atomic E-state index is 11.9. The van der Waals surface area contributed by atoms with Crippen molar-refractivity contribution in [1.82, 2.24) is 0 Å². The average molecular weight is 328 g/mol. The number of benzene rings is 1. The highest BCUT2D eigenvalue weighted by Crippen LogP contribution is 2.22. The Morgan fingerprint density at radius 1 is 0.833 bits per heavy atom. The lowest BCUT2D eigenvalue weighted by Crippen LogP contribution is -2.20. The zero-order valence-electron chi connectivity index (χ0n) is 14.1. The molecule has 24 heavy (non-hydrogen) atoms. The van der Waals surface area contributed by atoms with E-state index in [1.807, 2.05) is 27.7 Å². The van der Waals surface area contributed by atoms with E-state index in [2.05, 4.69) is 9.98 Å². The Hall–Kier alpha value is -2.50. The van der Waals surface area contributed by atoms with Crippen LogP contribution in [-0.4, -0.2) is 35.8 Å². The Kier molecular flexibility index (Phi) is 4.22. The predicted octanol–water partition coefficient (Wildman–Crippen LogP) is 2.34. The van der Waals surface area contributed by atoms with E-state index in [9.17, 15) is 9.59 Å². The summed E-state index contributed by atoms with van der Waals surface area (Å²) in [5.74, 6) is 0.0666. The van der Waals surface area contributed by atoms with Crippen LogP contribution in [0.1, 0.15) is 38.8 Å². The van der Waals surface area contributed by atoms with Gasteiger partial charge in [-0.05, 0) is 30.0 Å². The van der Waals surface area contributed by atoms with Crippen LogP contribution in [0.2, 0.25) is 0 Å². The summed E-state index contributed by atoms with van der Waals surface area (Å²) >= 11 is 0. The van der Waals surface area contributed by atoms with Gasteiger partial charge < -0.3 is 9.47 Å². The fourth-order valence-corrected chi connectivity index (χ4v) is 2.62. The van der Waals surface area contributed by atoms with Crippen LogP contribution < -0.4 is 0 Å². The molecule has 2 unspecified atom stereocenters. The first-order valence-corrected chi connectivity index (χ1v) is 8.06. The Bertz CT molecular complexity index is 690. The number of carbonyl (C=O) groups excluding carboxylic acids is 2. The van der Waals surface area contributed by atoms with Gasteiger partial charge in [0.05, 0.1) is 0 Å². The molecular weight excluding hydrogens is 308 g/mol. The summed E-state index contributed by atoms with van der Waals surface area (Å²) in [5.41, 5.74) is 1.33. The SMILES string of the molecule is CC(C)C1N=C(c2cccc(C3=NC(C(C)C)C(=O)O3)c2)OC1=O. The molecule has 0 spiro atoms. The monoisotopic (exact) mass is 328 g/mol. The van der Waals surface area contributed by atoms with Gasteiger partial charge in [0.25, 0.3) is 0 Å². The second-order valence-electron chi connectivity index (χ2n) is 6.67. The quantitative estimate of drug-likeness (QED) is 0.795. The topological polar surface area (TPSA) is 77.3 Å². The first kappa shape index (κ1) is 16.4. The molecule has 0 fully saturated rings. The molecule has 0 saturated heterocycles. The third kappa shape index (κ3) is 2.96. The molecule has 0 N–H and O–H groups in total. The van der Waals surface area contributed by atoms with Crippen molar-refractivity contribution in [3.63, 3.8) is 0 Å². The third-order valence-corrected chi connectivity index (χ3v) is 4.01. The summed E-state index contributed by atoms with van der Waals surface area (Å²) in [6.07, 6.45) is 0. The number of esters is 2. The molecule has 6 nitrogen and oxygen atoms in total. The molecule has 0 saturated carbocycles. The lowest BCUT2D eigenvalue weighted by atomic mass is 10.1. The lowest BCUT2D eigenvalue weighted by Gasteiger charge is -2.05. The van der Waals surface area contributed by atoms with Crippen LogP contribution in [-0.2, 0) is 19.1 Å². The zero-order valence-corrected chi connectivity index (χ0v) is 14.1. The van der Waals surface area contributed by atoms with Crippen molar-refractivity contribution in [2.24, 2.45) is 21.8 Å². The molecule has 126 valence electrons. The average Bonchev–Trinajstić information content (AvgIpc) is 3.11. The summed E-state index contributed by atoms with van der Waals surface area (Å²) in [4.78, 5) is 32.5. The van der Waals surface area contributed by atoms with E-state index in [1.54, 1.807) is 24.3 Å². The second-order valence-corrected chi connectivity index (χ2v) is 6.67. The van der Waals surface area contributed by atoms with Gasteiger partial charge in [-0.25, -0.2) is 19.6 Å². The number of hydrogen-bond acceptors (Lipinski definition) is 6. The summed E-state index contributed by atoms with van der Waals surface area (Å²) in [6.45, 7) is 7.70. The number of rotatable bonds is 4. The van der Waals surface area contributed by atoms with Crippen LogP contribution >= 0.6 is 0 Å². The van der Waals surface area contributed by atoms with E-state index in [0.717, 1.165) is 0 Å². The number of nitrogens with zero attached hydrogens (tertiary/aromatic N) is 2. The number of carbonyl (C=O) groups is 2. The number of cyclic esters (lactones) is 2. The first-order chi connectivity index (χ1) is 11.4. The molecule has 2 atom stereocenters. The van der Waals surface area contributed by atoms with Crippen LogP contribution in [0, 0.1) is 11.8 Å². The third-order valence-electron chi connectivity index (χ3n) is 4.01. The van der Waals surface area contributed by atoms with Gasteiger partial charge in [-0.1, -0.05) is 33.8 Å². The highest BCUT2D eigenvalue weighted by molar-refractivity contribution is 6.09. The van der Waals surface area contributed by atoms with E-state index in [4.69, 9.17) is 9.47 Å². The molecule has 0 radical (unpaired) electrons. The molecular formula is C18H20N2O4. The predicted molar refractivity (Wildman–Crippen MR) is 89.0 cm³/mol. The molecule has 2 heterocycles. The molecule has 6 heteroatoms. The van der Waals surface area contributed by atoms with Crippen molar-refractivity contribution in [1.29, 1.82) is 0 Å². The fraction of sp³-hybridized carbons (Fsp3) is 0.444. The van der Waals surface area contributed by atoms with Crippen molar-refractivity contribution in [2.45, 2.75) is 39.8 Å². The minimum Gasteiger partial charge on any atom is -0.406 e. The number of ether oxygens (including phenoxy) is 2. The van der Waals surface area contributed by atoms with Crippen LogP contribution in [0.25, 0.3) is 0 Å². The van der Waals surface area contributed by atoms with Crippen LogP contribution in [0.4, 0.5) is 0 Å². The second kappa shape index (κ2) is 6.19. The maximum Gasteiger partial charge on any atom is 0.338 e. The highest BCUT2D eigenvalue weighted by Gasteiger charge is 2.34. The van der Waals surface area contributed by atoms with Gasteiger partial charge in [0.2, 0.25) is 11.8 Å². The molecule has 0 amide bonds. The molecule has 0 bridgehead atoms. The van der Waals surface area contributed by atoms with E-state index in [1.165, 1.54) is 0 Å². The summed E-state index contributed by atoms with van der Waals surface area (Å²) in [5, 5.41) is 0. The fourth-order valence-electron chi connectivity index (χ4n) is 2.62. The Morgan fingerprint density at radius 3 is 1.58 bits per heavy atom. The van der Waals surface area contributed by atoms with Gasteiger partial charge in [0.15, 0.2) is 12.1 Å². The molecule has 2 aliphatic rings. The van der Waals surface area contributed by atoms with Crippen molar-refractivity contribution in [3.05, 3.63) is 35.4 Å². The minimum atomic E-state index is -0.476.